The van der Waals surface area contributed by atoms with Crippen LogP contribution < -0.4 is 10.6 Å². The van der Waals surface area contributed by atoms with E-state index >= 15 is 0 Å². The molecule has 1 aromatic heterocycles. The number of carbonyl (C=O) groups is 1. The molecule has 0 aliphatic rings. The van der Waals surface area contributed by atoms with Gasteiger partial charge in [0.25, 0.3) is 5.91 Å². The fraction of sp³-hybridized carbons (Fsp3) is 0.0526. The number of nitrogens with zero attached hydrogens (tertiary/aromatic N) is 1. The fourth-order valence-electron chi connectivity index (χ4n) is 2.30. The summed E-state index contributed by atoms with van der Waals surface area (Å²) in [6.07, 6.45) is 1.44. The Bertz CT molecular complexity index is 959. The number of pyridine rings is 1. The van der Waals surface area contributed by atoms with Gasteiger partial charge < -0.3 is 10.6 Å². The van der Waals surface area contributed by atoms with Gasteiger partial charge in [0.2, 0.25) is 0 Å². The molecule has 1 amide bonds. The Hall–Kier alpha value is -3.35. The van der Waals surface area contributed by atoms with Gasteiger partial charge in [0.1, 0.15) is 5.69 Å². The normalized spacial score (nSPS) is 10.5. The molecule has 0 atom stereocenters. The van der Waals surface area contributed by atoms with Crippen molar-refractivity contribution in [3.8, 4) is 0 Å². The number of anilines is 3. The third kappa shape index (κ3) is 3.83. The van der Waals surface area contributed by atoms with Crippen molar-refractivity contribution in [1.82, 2.24) is 4.98 Å². The van der Waals surface area contributed by atoms with E-state index in [-0.39, 0.29) is 5.69 Å². The van der Waals surface area contributed by atoms with Crippen LogP contribution in [0.4, 0.5) is 30.2 Å². The van der Waals surface area contributed by atoms with E-state index in [0.29, 0.717) is 5.69 Å². The zero-order valence-electron chi connectivity index (χ0n) is 13.7. The summed E-state index contributed by atoms with van der Waals surface area (Å²) in [6.45, 7) is 1.97. The van der Waals surface area contributed by atoms with E-state index in [1.807, 2.05) is 31.2 Å². The average Bonchev–Trinajstić information content (AvgIpc) is 2.63. The van der Waals surface area contributed by atoms with Crippen LogP contribution in [0.25, 0.3) is 0 Å². The molecular formula is C19H14F3N3O. The van der Waals surface area contributed by atoms with Gasteiger partial charge in [-0.05, 0) is 48.9 Å². The second-order valence-electron chi connectivity index (χ2n) is 5.60. The fourth-order valence-corrected chi connectivity index (χ4v) is 2.30. The highest BCUT2D eigenvalue weighted by Crippen LogP contribution is 2.21. The van der Waals surface area contributed by atoms with E-state index in [1.165, 1.54) is 12.3 Å². The zero-order valence-corrected chi connectivity index (χ0v) is 13.7. The Balaban J connectivity index is 1.72. The van der Waals surface area contributed by atoms with Crippen LogP contribution in [0.15, 0.2) is 54.7 Å². The molecule has 0 aliphatic carbocycles. The molecule has 3 rings (SSSR count). The number of carbonyl (C=O) groups excluding carboxylic acids is 1. The maximum Gasteiger partial charge on any atom is 0.274 e. The van der Waals surface area contributed by atoms with Crippen LogP contribution in [0.3, 0.4) is 0 Å². The number of rotatable bonds is 4. The van der Waals surface area contributed by atoms with Crippen molar-refractivity contribution in [3.63, 3.8) is 0 Å². The van der Waals surface area contributed by atoms with Crippen molar-refractivity contribution in [2.45, 2.75) is 6.92 Å². The number of amides is 1. The highest BCUT2D eigenvalue weighted by atomic mass is 19.2. The number of aromatic nitrogens is 1. The van der Waals surface area contributed by atoms with Crippen molar-refractivity contribution in [1.29, 1.82) is 0 Å². The highest BCUT2D eigenvalue weighted by Gasteiger charge is 2.16. The van der Waals surface area contributed by atoms with Crippen molar-refractivity contribution in [2.75, 3.05) is 10.6 Å². The summed E-state index contributed by atoms with van der Waals surface area (Å²) < 4.78 is 39.7. The number of nitrogens with one attached hydrogen (secondary N) is 2. The van der Waals surface area contributed by atoms with Crippen molar-refractivity contribution >= 4 is 23.0 Å². The van der Waals surface area contributed by atoms with Gasteiger partial charge in [0.05, 0.1) is 17.6 Å². The smallest absolute Gasteiger partial charge is 0.274 e. The van der Waals surface area contributed by atoms with E-state index < -0.39 is 29.0 Å². The summed E-state index contributed by atoms with van der Waals surface area (Å²) in [6, 6.07) is 12.5. The second-order valence-corrected chi connectivity index (χ2v) is 5.60. The van der Waals surface area contributed by atoms with E-state index in [1.54, 1.807) is 6.07 Å². The maximum absolute atomic E-state index is 13.6. The van der Waals surface area contributed by atoms with Gasteiger partial charge in [-0.3, -0.25) is 4.79 Å². The van der Waals surface area contributed by atoms with E-state index in [2.05, 4.69) is 15.6 Å². The van der Waals surface area contributed by atoms with Crippen LogP contribution in [0.1, 0.15) is 16.1 Å². The Labute approximate surface area is 147 Å². The Morgan fingerprint density at radius 3 is 2.46 bits per heavy atom. The molecule has 1 heterocycles. The lowest BCUT2D eigenvalue weighted by Gasteiger charge is -2.09. The molecule has 0 spiro atoms. The summed E-state index contributed by atoms with van der Waals surface area (Å²) >= 11 is 0. The third-order valence-electron chi connectivity index (χ3n) is 3.59. The zero-order chi connectivity index (χ0) is 18.7. The number of hydrogen-bond donors (Lipinski definition) is 2. The minimum atomic E-state index is -1.64. The van der Waals surface area contributed by atoms with Gasteiger partial charge in [0.15, 0.2) is 17.5 Å². The summed E-state index contributed by atoms with van der Waals surface area (Å²) in [7, 11) is 0. The van der Waals surface area contributed by atoms with Crippen LogP contribution in [0.5, 0.6) is 0 Å². The Morgan fingerprint density at radius 2 is 1.77 bits per heavy atom. The van der Waals surface area contributed by atoms with Crippen LogP contribution in [0, 0.1) is 24.4 Å². The van der Waals surface area contributed by atoms with E-state index in [4.69, 9.17) is 0 Å². The number of benzene rings is 2. The van der Waals surface area contributed by atoms with Crippen LogP contribution in [0.2, 0.25) is 0 Å². The number of hydrogen-bond acceptors (Lipinski definition) is 3. The van der Waals surface area contributed by atoms with Gasteiger partial charge in [-0.25, -0.2) is 18.2 Å². The van der Waals surface area contributed by atoms with E-state index in [9.17, 15) is 18.0 Å². The summed E-state index contributed by atoms with van der Waals surface area (Å²) in [5, 5.41) is 5.31. The molecule has 3 aromatic rings. The first-order chi connectivity index (χ1) is 12.4. The van der Waals surface area contributed by atoms with Gasteiger partial charge >= 0.3 is 0 Å². The Morgan fingerprint density at radius 1 is 0.962 bits per heavy atom. The second kappa shape index (κ2) is 7.26. The molecule has 0 saturated carbocycles. The molecule has 2 N–H and O–H groups in total. The molecule has 0 unspecified atom stereocenters. The van der Waals surface area contributed by atoms with Gasteiger partial charge in [-0.1, -0.05) is 12.1 Å². The molecular weight excluding hydrogens is 343 g/mol. The summed E-state index contributed by atoms with van der Waals surface area (Å²) in [5.41, 5.74) is 2.16. The van der Waals surface area contributed by atoms with E-state index in [0.717, 1.165) is 23.4 Å². The molecule has 0 saturated heterocycles. The molecule has 26 heavy (non-hydrogen) atoms. The third-order valence-corrected chi connectivity index (χ3v) is 3.59. The van der Waals surface area contributed by atoms with Gasteiger partial charge in [-0.15, -0.1) is 0 Å². The lowest BCUT2D eigenvalue weighted by atomic mass is 10.2. The van der Waals surface area contributed by atoms with Crippen molar-refractivity contribution in [2.24, 2.45) is 0 Å². The lowest BCUT2D eigenvalue weighted by molar-refractivity contribution is 0.102. The number of halogens is 3. The standard InChI is InChI=1S/C19H14F3N3O/c1-11-3-2-4-12(9-11)24-13-5-7-16(23-10-13)19(26)25-15-8-6-14(20)17(21)18(15)22/h2-10,24H,1H3,(H,25,26). The molecule has 0 fully saturated rings. The predicted molar refractivity (Wildman–Crippen MR) is 93.0 cm³/mol. The molecule has 7 heteroatoms. The molecule has 0 aliphatic heterocycles. The largest absolute Gasteiger partial charge is 0.354 e. The quantitative estimate of drug-likeness (QED) is 0.659. The lowest BCUT2D eigenvalue weighted by Crippen LogP contribution is -2.15. The first-order valence-electron chi connectivity index (χ1n) is 7.68. The Kier molecular flexibility index (Phi) is 4.88. The maximum atomic E-state index is 13.6. The molecule has 4 nitrogen and oxygen atoms in total. The molecule has 2 aromatic carbocycles. The van der Waals surface area contributed by atoms with Gasteiger partial charge in [0, 0.05) is 5.69 Å². The van der Waals surface area contributed by atoms with Crippen molar-refractivity contribution in [3.05, 3.63) is 83.4 Å². The minimum absolute atomic E-state index is 0.00363. The van der Waals surface area contributed by atoms with Crippen LogP contribution in [-0.4, -0.2) is 10.9 Å². The van der Waals surface area contributed by atoms with Crippen LogP contribution >= 0.6 is 0 Å². The predicted octanol–water partition coefficient (Wildman–Crippen LogP) is 4.80. The summed E-state index contributed by atoms with van der Waals surface area (Å²) in [4.78, 5) is 16.1. The monoisotopic (exact) mass is 357 g/mol. The first-order valence-corrected chi connectivity index (χ1v) is 7.68. The summed E-state index contributed by atoms with van der Waals surface area (Å²) in [5.74, 6) is -5.17. The molecule has 132 valence electrons. The van der Waals surface area contributed by atoms with Crippen molar-refractivity contribution < 1.29 is 18.0 Å². The van der Waals surface area contributed by atoms with Crippen LogP contribution in [-0.2, 0) is 0 Å². The average molecular weight is 357 g/mol. The number of aryl methyl sites for hydroxylation is 1. The van der Waals surface area contributed by atoms with Gasteiger partial charge in [-0.2, -0.15) is 0 Å². The first kappa shape index (κ1) is 17.5. The minimum Gasteiger partial charge on any atom is -0.354 e. The topological polar surface area (TPSA) is 54.0 Å². The molecule has 0 bridgehead atoms. The molecule has 0 radical (unpaired) electrons. The highest BCUT2D eigenvalue weighted by molar-refractivity contribution is 6.03. The SMILES string of the molecule is Cc1cccc(Nc2ccc(C(=O)Nc3ccc(F)c(F)c3F)nc2)c1.